The van der Waals surface area contributed by atoms with Crippen LogP contribution in [-0.2, 0) is 12.8 Å². The van der Waals surface area contributed by atoms with Crippen LogP contribution in [0.15, 0.2) is 84.9 Å². The number of aromatic nitrogens is 4. The number of benzene rings is 4. The molecule has 0 spiro atoms. The summed E-state index contributed by atoms with van der Waals surface area (Å²) in [5, 5.41) is 19.3. The minimum absolute atomic E-state index is 0.150. The molecule has 0 fully saturated rings. The Labute approximate surface area is 263 Å². The fourth-order valence-electron chi connectivity index (χ4n) is 4.70. The van der Waals surface area contributed by atoms with Crippen molar-refractivity contribution in [2.45, 2.75) is 12.8 Å². The quantitative estimate of drug-likeness (QED) is 0.131. The lowest BCUT2D eigenvalue weighted by molar-refractivity contribution is 0.0686. The number of anilines is 4. The van der Waals surface area contributed by atoms with Gasteiger partial charge in [-0.05, 0) is 83.6 Å². The zero-order valence-corrected chi connectivity index (χ0v) is 24.5. The van der Waals surface area contributed by atoms with Crippen molar-refractivity contribution in [3.63, 3.8) is 0 Å². The Kier molecular flexibility index (Phi) is 8.99. The second kappa shape index (κ2) is 13.4. The first-order chi connectivity index (χ1) is 22.0. The number of carboxylic acid groups (broad SMARTS) is 2. The van der Waals surface area contributed by atoms with Gasteiger partial charge in [0.1, 0.15) is 11.6 Å². The van der Waals surface area contributed by atoms with Crippen LogP contribution in [0, 0.1) is 0 Å². The number of aryl methyl sites for hydroxylation is 2. The normalized spacial score (nSPS) is 11.0. The summed E-state index contributed by atoms with van der Waals surface area (Å²) < 4.78 is 0. The van der Waals surface area contributed by atoms with Gasteiger partial charge in [0.25, 0.3) is 0 Å². The number of nitrogen functional groups attached to an aromatic ring is 4. The standard InChI is InChI=1S/C17H16N4O2.C17H14N4O2/c2*18-15-13-9-11(5-8-14(13)20-17(19)21-15)2-1-10-3-6-12(7-4-10)16(22)23/h3-9H,1-2H2,(H,22,23)(H4,18,19,20,21);1-9H,(H,22,23)(H4,18,19,20,21). The molecule has 2 heterocycles. The minimum Gasteiger partial charge on any atom is -0.478 e. The molecule has 0 atom stereocenters. The molecule has 10 N–H and O–H groups in total. The van der Waals surface area contributed by atoms with Crippen molar-refractivity contribution in [1.82, 2.24) is 19.9 Å². The lowest BCUT2D eigenvalue weighted by Gasteiger charge is -2.06. The first-order valence-corrected chi connectivity index (χ1v) is 14.0. The van der Waals surface area contributed by atoms with Crippen LogP contribution in [-0.4, -0.2) is 42.1 Å². The van der Waals surface area contributed by atoms with Crippen molar-refractivity contribution in [3.8, 4) is 0 Å². The maximum atomic E-state index is 10.8. The van der Waals surface area contributed by atoms with E-state index in [0.717, 1.165) is 51.4 Å². The first-order valence-electron chi connectivity index (χ1n) is 14.0. The van der Waals surface area contributed by atoms with E-state index in [0.29, 0.717) is 22.7 Å². The Hall–Kier alpha value is -6.56. The zero-order valence-electron chi connectivity index (χ0n) is 24.5. The van der Waals surface area contributed by atoms with E-state index in [1.54, 1.807) is 36.4 Å². The third-order valence-electron chi connectivity index (χ3n) is 7.10. The van der Waals surface area contributed by atoms with E-state index in [-0.39, 0.29) is 17.5 Å². The summed E-state index contributed by atoms with van der Waals surface area (Å²) in [5.41, 5.74) is 28.9. The molecule has 0 saturated heterocycles. The van der Waals surface area contributed by atoms with Crippen LogP contribution < -0.4 is 22.9 Å². The predicted molar refractivity (Wildman–Crippen MR) is 180 cm³/mol. The van der Waals surface area contributed by atoms with Crippen molar-refractivity contribution in [3.05, 3.63) is 118 Å². The van der Waals surface area contributed by atoms with Gasteiger partial charge in [0.2, 0.25) is 11.9 Å². The monoisotopic (exact) mass is 614 g/mol. The zero-order chi connectivity index (χ0) is 32.8. The van der Waals surface area contributed by atoms with Crippen LogP contribution in [0.2, 0.25) is 0 Å². The van der Waals surface area contributed by atoms with Crippen LogP contribution in [0.4, 0.5) is 23.5 Å². The third kappa shape index (κ3) is 7.50. The van der Waals surface area contributed by atoms with Gasteiger partial charge < -0.3 is 33.1 Å². The molecule has 4 aromatic carbocycles. The highest BCUT2D eigenvalue weighted by molar-refractivity contribution is 5.92. The van der Waals surface area contributed by atoms with E-state index in [9.17, 15) is 9.59 Å². The average Bonchev–Trinajstić information content (AvgIpc) is 3.03. The Morgan fingerprint density at radius 2 is 0.978 bits per heavy atom. The van der Waals surface area contributed by atoms with Crippen LogP contribution >= 0.6 is 0 Å². The van der Waals surface area contributed by atoms with Gasteiger partial charge >= 0.3 is 11.9 Å². The fraction of sp³-hybridized carbons (Fsp3) is 0.0588. The molecular weight excluding hydrogens is 584 g/mol. The summed E-state index contributed by atoms with van der Waals surface area (Å²) >= 11 is 0. The fourth-order valence-corrected chi connectivity index (χ4v) is 4.70. The Balaban J connectivity index is 0.000000181. The largest absolute Gasteiger partial charge is 0.478 e. The van der Waals surface area contributed by atoms with Crippen molar-refractivity contribution in [1.29, 1.82) is 0 Å². The Bertz CT molecular complexity index is 2100. The van der Waals surface area contributed by atoms with Gasteiger partial charge in [-0.2, -0.15) is 9.97 Å². The molecule has 0 aliphatic heterocycles. The summed E-state index contributed by atoms with van der Waals surface area (Å²) in [6.07, 6.45) is 5.42. The second-order valence-corrected chi connectivity index (χ2v) is 10.3. The van der Waals surface area contributed by atoms with Crippen molar-refractivity contribution in [2.24, 2.45) is 0 Å². The van der Waals surface area contributed by atoms with Gasteiger partial charge in [0.15, 0.2) is 0 Å². The second-order valence-electron chi connectivity index (χ2n) is 10.3. The number of hydrogen-bond donors (Lipinski definition) is 6. The van der Waals surface area contributed by atoms with Gasteiger partial charge in [-0.3, -0.25) is 0 Å². The topological polar surface area (TPSA) is 230 Å². The number of carboxylic acids is 2. The van der Waals surface area contributed by atoms with E-state index >= 15 is 0 Å². The van der Waals surface area contributed by atoms with Crippen LogP contribution in [0.5, 0.6) is 0 Å². The van der Waals surface area contributed by atoms with Gasteiger partial charge in [-0.25, -0.2) is 19.6 Å². The van der Waals surface area contributed by atoms with Crippen molar-refractivity contribution >= 4 is 69.4 Å². The van der Waals surface area contributed by atoms with E-state index in [4.69, 9.17) is 33.1 Å². The van der Waals surface area contributed by atoms with Crippen molar-refractivity contribution in [2.75, 3.05) is 22.9 Å². The van der Waals surface area contributed by atoms with Gasteiger partial charge in [-0.1, -0.05) is 48.6 Å². The highest BCUT2D eigenvalue weighted by Crippen LogP contribution is 2.23. The highest BCUT2D eigenvalue weighted by atomic mass is 16.4. The Morgan fingerprint density at radius 3 is 1.54 bits per heavy atom. The molecule has 6 rings (SSSR count). The van der Waals surface area contributed by atoms with E-state index in [1.165, 1.54) is 0 Å². The van der Waals surface area contributed by atoms with Gasteiger partial charge in [0.05, 0.1) is 22.2 Å². The van der Waals surface area contributed by atoms with Gasteiger partial charge in [-0.15, -0.1) is 0 Å². The summed E-state index contributed by atoms with van der Waals surface area (Å²) in [5.74, 6) is -0.822. The Morgan fingerprint density at radius 1 is 0.543 bits per heavy atom. The lowest BCUT2D eigenvalue weighted by Crippen LogP contribution is -2.01. The molecule has 12 heteroatoms. The maximum Gasteiger partial charge on any atom is 0.335 e. The molecule has 46 heavy (non-hydrogen) atoms. The minimum atomic E-state index is -0.940. The summed E-state index contributed by atoms with van der Waals surface area (Å²) in [7, 11) is 0. The molecule has 0 aliphatic carbocycles. The van der Waals surface area contributed by atoms with E-state index in [2.05, 4.69) is 19.9 Å². The van der Waals surface area contributed by atoms with E-state index < -0.39 is 11.9 Å². The average molecular weight is 615 g/mol. The van der Waals surface area contributed by atoms with Crippen molar-refractivity contribution < 1.29 is 19.8 Å². The molecule has 6 aromatic rings. The lowest BCUT2D eigenvalue weighted by atomic mass is 10.0. The maximum absolute atomic E-state index is 10.8. The number of nitrogens with two attached hydrogens (primary N) is 4. The molecular formula is C34H30N8O4. The van der Waals surface area contributed by atoms with Crippen LogP contribution in [0.3, 0.4) is 0 Å². The van der Waals surface area contributed by atoms with Gasteiger partial charge in [0, 0.05) is 10.8 Å². The molecule has 0 saturated carbocycles. The SMILES string of the molecule is Nc1nc(N)c2cc(C=Cc3ccc(C(=O)O)cc3)ccc2n1.Nc1nc(N)c2cc(CCc3ccc(C(=O)O)cc3)ccc2n1. The van der Waals surface area contributed by atoms with Crippen LogP contribution in [0.1, 0.15) is 43.0 Å². The number of nitrogens with zero attached hydrogens (tertiary/aromatic N) is 4. The number of rotatable bonds is 7. The number of fused-ring (bicyclic) bond motifs is 2. The molecule has 0 bridgehead atoms. The highest BCUT2D eigenvalue weighted by Gasteiger charge is 2.07. The summed E-state index contributed by atoms with van der Waals surface area (Å²) in [6, 6.07) is 25.0. The smallest absolute Gasteiger partial charge is 0.335 e. The summed E-state index contributed by atoms with van der Waals surface area (Å²) in [6.45, 7) is 0. The number of carbonyl (C=O) groups is 2. The molecule has 12 nitrogen and oxygen atoms in total. The molecule has 0 radical (unpaired) electrons. The number of aromatic carboxylic acids is 2. The third-order valence-corrected chi connectivity index (χ3v) is 7.10. The first kappa shape index (κ1) is 30.9. The molecule has 2 aromatic heterocycles. The molecule has 0 aliphatic rings. The van der Waals surface area contributed by atoms with E-state index in [1.807, 2.05) is 60.7 Å². The summed E-state index contributed by atoms with van der Waals surface area (Å²) in [4.78, 5) is 37.9. The molecule has 0 amide bonds. The van der Waals surface area contributed by atoms with Crippen LogP contribution in [0.25, 0.3) is 34.0 Å². The molecule has 230 valence electrons. The number of hydrogen-bond acceptors (Lipinski definition) is 10. The predicted octanol–water partition coefficient (Wildman–Crippen LogP) is 4.94. The molecule has 0 unspecified atom stereocenters.